The minimum absolute atomic E-state index is 0.396. The van der Waals surface area contributed by atoms with Crippen molar-refractivity contribution in [3.05, 3.63) is 52.0 Å². The molecule has 0 N–H and O–H groups in total. The summed E-state index contributed by atoms with van der Waals surface area (Å²) in [7, 11) is 0. The normalized spacial score (nSPS) is 14.5. The molecule has 0 saturated carbocycles. The minimum Gasteiger partial charge on any atom is -0.247 e. The molecule has 3 heteroatoms. The highest BCUT2D eigenvalue weighted by Crippen LogP contribution is 2.33. The SMILES string of the molecule is Cc1csc(CC(C)C(Br)c2ccccc2)n1. The molecule has 1 aromatic carbocycles. The molecule has 2 aromatic rings. The first kappa shape index (κ1) is 12.8. The van der Waals surface area contributed by atoms with Crippen LogP contribution in [0.3, 0.4) is 0 Å². The van der Waals surface area contributed by atoms with Crippen LogP contribution in [0.25, 0.3) is 0 Å². The molecule has 0 aliphatic rings. The van der Waals surface area contributed by atoms with Gasteiger partial charge in [-0.15, -0.1) is 11.3 Å². The third-order valence-electron chi connectivity index (χ3n) is 2.78. The Bertz CT molecular complexity index is 466. The van der Waals surface area contributed by atoms with Crippen LogP contribution in [0.5, 0.6) is 0 Å². The Morgan fingerprint density at radius 1 is 1.29 bits per heavy atom. The van der Waals surface area contributed by atoms with Crippen molar-refractivity contribution in [3.8, 4) is 0 Å². The van der Waals surface area contributed by atoms with E-state index in [1.54, 1.807) is 11.3 Å². The molecule has 1 nitrogen and oxygen atoms in total. The van der Waals surface area contributed by atoms with Crippen LogP contribution in [0, 0.1) is 12.8 Å². The van der Waals surface area contributed by atoms with Gasteiger partial charge < -0.3 is 0 Å². The molecule has 0 aliphatic heterocycles. The predicted octanol–water partition coefficient (Wildman–Crippen LogP) is 4.77. The molecule has 1 aromatic heterocycles. The zero-order valence-electron chi connectivity index (χ0n) is 10.1. The Morgan fingerprint density at radius 3 is 2.59 bits per heavy atom. The molecular weight excluding hydrogens is 294 g/mol. The summed E-state index contributed by atoms with van der Waals surface area (Å²) >= 11 is 5.55. The highest BCUT2D eigenvalue weighted by atomic mass is 79.9. The number of halogens is 1. The van der Waals surface area contributed by atoms with E-state index >= 15 is 0 Å². The van der Waals surface area contributed by atoms with Crippen molar-refractivity contribution in [3.63, 3.8) is 0 Å². The number of rotatable bonds is 4. The van der Waals surface area contributed by atoms with Crippen molar-refractivity contribution in [2.75, 3.05) is 0 Å². The van der Waals surface area contributed by atoms with Gasteiger partial charge in [0.1, 0.15) is 0 Å². The van der Waals surface area contributed by atoms with Crippen molar-refractivity contribution in [1.29, 1.82) is 0 Å². The fraction of sp³-hybridized carbons (Fsp3) is 0.357. The van der Waals surface area contributed by atoms with E-state index in [1.165, 1.54) is 10.6 Å². The van der Waals surface area contributed by atoms with Crippen molar-refractivity contribution >= 4 is 27.3 Å². The van der Waals surface area contributed by atoms with Gasteiger partial charge in [0.25, 0.3) is 0 Å². The molecule has 17 heavy (non-hydrogen) atoms. The molecule has 0 amide bonds. The fourth-order valence-electron chi connectivity index (χ4n) is 1.84. The zero-order chi connectivity index (χ0) is 12.3. The standard InChI is InChI=1S/C14H16BrNS/c1-10(8-13-16-11(2)9-17-13)14(15)12-6-4-3-5-7-12/h3-7,9-10,14H,8H2,1-2H3. The van der Waals surface area contributed by atoms with Crippen molar-refractivity contribution < 1.29 is 0 Å². The first-order valence-electron chi connectivity index (χ1n) is 5.77. The van der Waals surface area contributed by atoms with Gasteiger partial charge in [-0.25, -0.2) is 4.98 Å². The molecule has 0 aliphatic carbocycles. The van der Waals surface area contributed by atoms with Gasteiger partial charge >= 0.3 is 0 Å². The van der Waals surface area contributed by atoms with Gasteiger partial charge in [-0.3, -0.25) is 0 Å². The van der Waals surface area contributed by atoms with E-state index in [9.17, 15) is 0 Å². The maximum absolute atomic E-state index is 4.52. The summed E-state index contributed by atoms with van der Waals surface area (Å²) in [6.45, 7) is 4.32. The van der Waals surface area contributed by atoms with Crippen molar-refractivity contribution in [1.82, 2.24) is 4.98 Å². The Hall–Kier alpha value is -0.670. The second kappa shape index (κ2) is 5.78. The van der Waals surface area contributed by atoms with Gasteiger partial charge in [0.15, 0.2) is 0 Å². The summed E-state index contributed by atoms with van der Waals surface area (Å²) in [6.07, 6.45) is 1.03. The Morgan fingerprint density at radius 2 is 2.00 bits per heavy atom. The monoisotopic (exact) mass is 309 g/mol. The lowest BCUT2D eigenvalue weighted by molar-refractivity contribution is 0.570. The first-order chi connectivity index (χ1) is 8.16. The smallest absolute Gasteiger partial charge is 0.0931 e. The fourth-order valence-corrected chi connectivity index (χ4v) is 3.25. The van der Waals surface area contributed by atoms with E-state index < -0.39 is 0 Å². The molecule has 0 bridgehead atoms. The average molecular weight is 310 g/mol. The molecular formula is C14H16BrNS. The summed E-state index contributed by atoms with van der Waals surface area (Å²) in [4.78, 5) is 4.92. The number of thiazole rings is 1. The summed E-state index contributed by atoms with van der Waals surface area (Å²) < 4.78 is 0. The van der Waals surface area contributed by atoms with Gasteiger partial charge in [0.05, 0.1) is 5.01 Å². The van der Waals surface area contributed by atoms with Crippen LogP contribution in [0.1, 0.15) is 28.0 Å². The lowest BCUT2D eigenvalue weighted by Gasteiger charge is -2.17. The first-order valence-corrected chi connectivity index (χ1v) is 7.56. The molecule has 2 rings (SSSR count). The molecule has 0 spiro atoms. The van der Waals surface area contributed by atoms with E-state index in [0.717, 1.165) is 12.1 Å². The Labute approximate surface area is 115 Å². The van der Waals surface area contributed by atoms with E-state index in [0.29, 0.717) is 10.7 Å². The lowest BCUT2D eigenvalue weighted by Crippen LogP contribution is -2.06. The van der Waals surface area contributed by atoms with E-state index in [1.807, 2.05) is 6.92 Å². The van der Waals surface area contributed by atoms with Gasteiger partial charge in [-0.05, 0) is 18.4 Å². The van der Waals surface area contributed by atoms with Crippen LogP contribution in [0.4, 0.5) is 0 Å². The number of aromatic nitrogens is 1. The molecule has 2 unspecified atom stereocenters. The number of aryl methyl sites for hydroxylation is 1. The third kappa shape index (κ3) is 3.39. The number of benzene rings is 1. The average Bonchev–Trinajstić information content (AvgIpc) is 2.75. The largest absolute Gasteiger partial charge is 0.247 e. The number of hydrogen-bond donors (Lipinski definition) is 0. The topological polar surface area (TPSA) is 12.9 Å². The Balaban J connectivity index is 2.03. The molecule has 2 atom stereocenters. The van der Waals surface area contributed by atoms with Gasteiger partial charge in [0, 0.05) is 22.3 Å². The molecule has 0 fully saturated rings. The van der Waals surface area contributed by atoms with Crippen LogP contribution in [-0.2, 0) is 6.42 Å². The summed E-state index contributed by atoms with van der Waals surface area (Å²) in [5.74, 6) is 0.544. The number of nitrogens with zero attached hydrogens (tertiary/aromatic N) is 1. The maximum Gasteiger partial charge on any atom is 0.0931 e. The third-order valence-corrected chi connectivity index (χ3v) is 5.20. The van der Waals surface area contributed by atoms with Gasteiger partial charge in [-0.2, -0.15) is 0 Å². The molecule has 0 radical (unpaired) electrons. The maximum atomic E-state index is 4.52. The second-order valence-corrected chi connectivity index (χ2v) is 6.31. The summed E-state index contributed by atoms with van der Waals surface area (Å²) in [5, 5.41) is 3.35. The summed E-state index contributed by atoms with van der Waals surface area (Å²) in [5.41, 5.74) is 2.47. The van der Waals surface area contributed by atoms with Crippen LogP contribution >= 0.6 is 27.3 Å². The quantitative estimate of drug-likeness (QED) is 0.742. The van der Waals surface area contributed by atoms with Crippen LogP contribution in [-0.4, -0.2) is 4.98 Å². The lowest BCUT2D eigenvalue weighted by atomic mass is 9.98. The molecule has 0 saturated heterocycles. The number of hydrogen-bond acceptors (Lipinski definition) is 2. The molecule has 1 heterocycles. The zero-order valence-corrected chi connectivity index (χ0v) is 12.5. The van der Waals surface area contributed by atoms with Gasteiger partial charge in [-0.1, -0.05) is 53.2 Å². The van der Waals surface area contributed by atoms with Crippen LogP contribution in [0.15, 0.2) is 35.7 Å². The van der Waals surface area contributed by atoms with Crippen molar-refractivity contribution in [2.45, 2.75) is 25.1 Å². The van der Waals surface area contributed by atoms with E-state index in [-0.39, 0.29) is 0 Å². The predicted molar refractivity (Wildman–Crippen MR) is 77.8 cm³/mol. The Kier molecular flexibility index (Phi) is 4.35. The van der Waals surface area contributed by atoms with Gasteiger partial charge in [0.2, 0.25) is 0 Å². The van der Waals surface area contributed by atoms with E-state index in [4.69, 9.17) is 0 Å². The van der Waals surface area contributed by atoms with Crippen LogP contribution in [0.2, 0.25) is 0 Å². The number of alkyl halides is 1. The van der Waals surface area contributed by atoms with Crippen LogP contribution < -0.4 is 0 Å². The van der Waals surface area contributed by atoms with E-state index in [2.05, 4.69) is 63.5 Å². The summed E-state index contributed by atoms with van der Waals surface area (Å²) in [6, 6.07) is 10.6. The minimum atomic E-state index is 0.396. The molecule has 90 valence electrons. The van der Waals surface area contributed by atoms with Crippen molar-refractivity contribution in [2.24, 2.45) is 5.92 Å². The highest BCUT2D eigenvalue weighted by Gasteiger charge is 2.17. The second-order valence-electron chi connectivity index (χ2n) is 4.38. The highest BCUT2D eigenvalue weighted by molar-refractivity contribution is 9.09.